The quantitative estimate of drug-likeness (QED) is 0.327. The minimum absolute atomic E-state index is 0.0431. The van der Waals surface area contributed by atoms with Crippen molar-refractivity contribution in [3.05, 3.63) is 0 Å². The molecule has 0 spiro atoms. The third kappa shape index (κ3) is 4.31. The Morgan fingerprint density at radius 3 is 2.46 bits per heavy atom. The SMILES string of the molecule is CCCCOC(=O)NC1CCC(C(=O)C2CC(=O)N(O)C2=O)CC1. The van der Waals surface area contributed by atoms with Crippen LogP contribution in [0, 0.1) is 11.8 Å². The van der Waals surface area contributed by atoms with E-state index in [1.807, 2.05) is 6.92 Å². The topological polar surface area (TPSA) is 113 Å². The number of Topliss-reactive ketones (excluding diaryl/α,β-unsaturated/α-hetero) is 1. The Bertz CT molecular complexity index is 513. The first kappa shape index (κ1) is 18.4. The number of rotatable bonds is 6. The van der Waals surface area contributed by atoms with Crippen molar-refractivity contribution < 1.29 is 29.1 Å². The summed E-state index contributed by atoms with van der Waals surface area (Å²) in [4.78, 5) is 47.0. The maximum absolute atomic E-state index is 12.4. The minimum Gasteiger partial charge on any atom is -0.450 e. The van der Waals surface area contributed by atoms with Gasteiger partial charge in [-0.15, -0.1) is 0 Å². The highest BCUT2D eigenvalue weighted by Crippen LogP contribution is 2.30. The van der Waals surface area contributed by atoms with Gasteiger partial charge >= 0.3 is 6.09 Å². The number of alkyl carbamates (subject to hydrolysis) is 1. The molecule has 0 aromatic heterocycles. The van der Waals surface area contributed by atoms with E-state index in [-0.39, 0.29) is 29.2 Å². The van der Waals surface area contributed by atoms with E-state index in [4.69, 9.17) is 4.74 Å². The zero-order chi connectivity index (χ0) is 17.7. The van der Waals surface area contributed by atoms with E-state index < -0.39 is 23.8 Å². The summed E-state index contributed by atoms with van der Waals surface area (Å²) >= 11 is 0. The summed E-state index contributed by atoms with van der Waals surface area (Å²) in [6.45, 7) is 2.41. The van der Waals surface area contributed by atoms with E-state index in [0.29, 0.717) is 32.3 Å². The molecule has 0 radical (unpaired) electrons. The summed E-state index contributed by atoms with van der Waals surface area (Å²) in [5.74, 6) is -3.22. The number of carbonyl (C=O) groups excluding carboxylic acids is 4. The molecule has 3 amide bonds. The number of nitrogens with one attached hydrogen (secondary N) is 1. The molecule has 8 nitrogen and oxygen atoms in total. The predicted octanol–water partition coefficient (Wildman–Crippen LogP) is 1.40. The lowest BCUT2D eigenvalue weighted by molar-refractivity contribution is -0.172. The summed E-state index contributed by atoms with van der Waals surface area (Å²) in [5, 5.41) is 12.1. The lowest BCUT2D eigenvalue weighted by atomic mass is 9.79. The minimum atomic E-state index is -1.06. The summed E-state index contributed by atoms with van der Waals surface area (Å²) < 4.78 is 5.05. The third-order valence-electron chi connectivity index (χ3n) is 4.65. The molecule has 1 aliphatic carbocycles. The molecule has 0 bridgehead atoms. The van der Waals surface area contributed by atoms with Crippen molar-refractivity contribution in [3.63, 3.8) is 0 Å². The monoisotopic (exact) mass is 340 g/mol. The highest BCUT2D eigenvalue weighted by atomic mass is 16.5. The van der Waals surface area contributed by atoms with E-state index in [2.05, 4.69) is 5.32 Å². The molecule has 2 rings (SSSR count). The van der Waals surface area contributed by atoms with Crippen LogP contribution in [0.3, 0.4) is 0 Å². The first-order valence-corrected chi connectivity index (χ1v) is 8.46. The van der Waals surface area contributed by atoms with Crippen molar-refractivity contribution in [3.8, 4) is 0 Å². The molecule has 134 valence electrons. The molecular formula is C16H24N2O6. The lowest BCUT2D eigenvalue weighted by Crippen LogP contribution is -2.40. The van der Waals surface area contributed by atoms with Crippen molar-refractivity contribution in [2.75, 3.05) is 6.61 Å². The Morgan fingerprint density at radius 1 is 1.25 bits per heavy atom. The molecule has 1 atom stereocenters. The molecule has 24 heavy (non-hydrogen) atoms. The summed E-state index contributed by atoms with van der Waals surface area (Å²) in [6.07, 6.45) is 3.42. The zero-order valence-electron chi connectivity index (χ0n) is 13.8. The van der Waals surface area contributed by atoms with E-state index >= 15 is 0 Å². The largest absolute Gasteiger partial charge is 0.450 e. The number of hydrogen-bond acceptors (Lipinski definition) is 6. The van der Waals surface area contributed by atoms with Crippen LogP contribution in [0.15, 0.2) is 0 Å². The fourth-order valence-corrected chi connectivity index (χ4v) is 3.17. The maximum Gasteiger partial charge on any atom is 0.407 e. The van der Waals surface area contributed by atoms with E-state index in [1.165, 1.54) is 0 Å². The standard InChI is InChI=1S/C16H24N2O6/c1-2-3-8-24-16(22)17-11-6-4-10(5-7-11)14(20)12-9-13(19)18(23)15(12)21/h10-12,23H,2-9H2,1H3,(H,17,22). The van der Waals surface area contributed by atoms with Gasteiger partial charge in [0.15, 0.2) is 0 Å². The van der Waals surface area contributed by atoms with Gasteiger partial charge in [-0.1, -0.05) is 13.3 Å². The van der Waals surface area contributed by atoms with Gasteiger partial charge < -0.3 is 10.1 Å². The highest BCUT2D eigenvalue weighted by Gasteiger charge is 2.45. The van der Waals surface area contributed by atoms with Crippen molar-refractivity contribution in [2.24, 2.45) is 11.8 Å². The number of amides is 3. The molecule has 1 aliphatic heterocycles. The van der Waals surface area contributed by atoms with E-state index in [9.17, 15) is 24.4 Å². The molecule has 2 fully saturated rings. The van der Waals surface area contributed by atoms with Crippen LogP contribution in [-0.2, 0) is 19.1 Å². The lowest BCUT2D eigenvalue weighted by Gasteiger charge is -2.28. The second kappa shape index (κ2) is 8.23. The van der Waals surface area contributed by atoms with Crippen LogP contribution < -0.4 is 5.32 Å². The first-order valence-electron chi connectivity index (χ1n) is 8.46. The smallest absolute Gasteiger partial charge is 0.407 e. The van der Waals surface area contributed by atoms with Crippen LogP contribution in [0.2, 0.25) is 0 Å². The van der Waals surface area contributed by atoms with Crippen molar-refractivity contribution in [2.45, 2.75) is 57.9 Å². The van der Waals surface area contributed by atoms with E-state index in [0.717, 1.165) is 12.8 Å². The molecule has 8 heteroatoms. The third-order valence-corrected chi connectivity index (χ3v) is 4.65. The Kier molecular flexibility index (Phi) is 6.30. The van der Waals surface area contributed by atoms with Crippen molar-refractivity contribution in [1.82, 2.24) is 10.4 Å². The Labute approximate surface area is 140 Å². The van der Waals surface area contributed by atoms with Gasteiger partial charge in [-0.25, -0.2) is 4.79 Å². The molecule has 1 unspecified atom stereocenters. The molecule has 1 saturated heterocycles. The second-order valence-electron chi connectivity index (χ2n) is 6.39. The average Bonchev–Trinajstić information content (AvgIpc) is 2.83. The summed E-state index contributed by atoms with van der Waals surface area (Å²) in [6, 6.07) is -0.0431. The first-order chi connectivity index (χ1) is 11.4. The molecule has 1 heterocycles. The van der Waals surface area contributed by atoms with Crippen LogP contribution in [0.1, 0.15) is 51.9 Å². The number of hydroxylamine groups is 2. The summed E-state index contributed by atoms with van der Waals surface area (Å²) in [7, 11) is 0. The molecule has 2 N–H and O–H groups in total. The van der Waals surface area contributed by atoms with Crippen LogP contribution in [-0.4, -0.2) is 46.6 Å². The highest BCUT2D eigenvalue weighted by molar-refractivity contribution is 6.13. The van der Waals surface area contributed by atoms with Gasteiger partial charge in [0.1, 0.15) is 11.7 Å². The van der Waals surface area contributed by atoms with Gasteiger partial charge in [0.25, 0.3) is 11.8 Å². The Morgan fingerprint density at radius 2 is 1.92 bits per heavy atom. The van der Waals surface area contributed by atoms with Crippen LogP contribution in [0.5, 0.6) is 0 Å². The zero-order valence-corrected chi connectivity index (χ0v) is 13.8. The molecule has 2 aliphatic rings. The number of imide groups is 1. The van der Waals surface area contributed by atoms with E-state index in [1.54, 1.807) is 0 Å². The van der Waals surface area contributed by atoms with Gasteiger partial charge in [-0.05, 0) is 32.1 Å². The number of ketones is 1. The number of unbranched alkanes of at least 4 members (excludes halogenated alkanes) is 1. The Balaban J connectivity index is 1.76. The summed E-state index contributed by atoms with van der Waals surface area (Å²) in [5.41, 5.74) is 0. The number of carbonyl (C=O) groups is 4. The second-order valence-corrected chi connectivity index (χ2v) is 6.39. The number of hydrogen-bond donors (Lipinski definition) is 2. The number of ether oxygens (including phenoxy) is 1. The van der Waals surface area contributed by atoms with Crippen LogP contribution >= 0.6 is 0 Å². The number of nitrogens with zero attached hydrogens (tertiary/aromatic N) is 1. The average molecular weight is 340 g/mol. The normalized spacial score (nSPS) is 27.2. The van der Waals surface area contributed by atoms with Gasteiger partial charge in [0.2, 0.25) is 0 Å². The fraction of sp³-hybridized carbons (Fsp3) is 0.750. The maximum atomic E-state index is 12.4. The Hall–Kier alpha value is -1.96. The van der Waals surface area contributed by atoms with Gasteiger partial charge in [0.05, 0.1) is 6.61 Å². The van der Waals surface area contributed by atoms with Crippen molar-refractivity contribution in [1.29, 1.82) is 0 Å². The van der Waals surface area contributed by atoms with Gasteiger partial charge in [-0.3, -0.25) is 19.6 Å². The van der Waals surface area contributed by atoms with Gasteiger partial charge in [0, 0.05) is 18.4 Å². The molecular weight excluding hydrogens is 316 g/mol. The molecule has 0 aromatic rings. The predicted molar refractivity (Wildman–Crippen MR) is 81.9 cm³/mol. The fourth-order valence-electron chi connectivity index (χ4n) is 3.17. The van der Waals surface area contributed by atoms with Crippen LogP contribution in [0.4, 0.5) is 4.79 Å². The van der Waals surface area contributed by atoms with Crippen molar-refractivity contribution >= 4 is 23.7 Å². The molecule has 0 aromatic carbocycles. The van der Waals surface area contributed by atoms with Gasteiger partial charge in [-0.2, -0.15) is 5.06 Å². The van der Waals surface area contributed by atoms with Crippen LogP contribution in [0.25, 0.3) is 0 Å². The molecule has 1 saturated carbocycles.